The van der Waals surface area contributed by atoms with Gasteiger partial charge in [-0.2, -0.15) is 5.26 Å². The van der Waals surface area contributed by atoms with Gasteiger partial charge in [-0.1, -0.05) is 42.5 Å². The van der Waals surface area contributed by atoms with Gasteiger partial charge in [0.1, 0.15) is 22.3 Å². The van der Waals surface area contributed by atoms with Crippen LogP contribution < -0.4 is 0 Å². The number of aryl methyl sites for hydroxylation is 1. The van der Waals surface area contributed by atoms with E-state index >= 15 is 0 Å². The molecule has 5 rings (SSSR count). The molecule has 0 saturated carbocycles. The average Bonchev–Trinajstić information content (AvgIpc) is 3.35. The lowest BCUT2D eigenvalue weighted by Crippen LogP contribution is -2.42. The van der Waals surface area contributed by atoms with Gasteiger partial charge in [-0.3, -0.25) is 14.5 Å². The minimum atomic E-state index is -0.530. The molecule has 2 aromatic heterocycles. The number of aromatic nitrogens is 2. The number of fused-ring (bicyclic) bond motifs is 2. The molecule has 7 heteroatoms. The summed E-state index contributed by atoms with van der Waals surface area (Å²) in [7, 11) is 1.98. The third-order valence-electron chi connectivity index (χ3n) is 6.06. The molecular formula is C26H20N4O2S. The number of rotatable bonds is 3. The smallest absolute Gasteiger partial charge is 0.271 e. The van der Waals surface area contributed by atoms with E-state index in [1.165, 1.54) is 11.3 Å². The Balaban J connectivity index is 1.62. The first-order valence-electron chi connectivity index (χ1n) is 10.6. The molecule has 162 valence electrons. The summed E-state index contributed by atoms with van der Waals surface area (Å²) in [6, 6.07) is 18.4. The molecular weight excluding hydrogens is 432 g/mol. The Bertz CT molecular complexity index is 1570. The van der Waals surface area contributed by atoms with Crippen LogP contribution in [-0.4, -0.2) is 32.8 Å². The van der Waals surface area contributed by atoms with Crippen LogP contribution in [0.2, 0.25) is 0 Å². The Morgan fingerprint density at radius 1 is 1.12 bits per heavy atom. The van der Waals surface area contributed by atoms with Crippen molar-refractivity contribution >= 4 is 50.3 Å². The SMILES string of the molecule is CCN1C(=O)C(C#N)=C(C)/C(=C/c2cc3c(nc(-c4cccc5ccccc45)n3C)s2)C1=O. The van der Waals surface area contributed by atoms with Gasteiger partial charge < -0.3 is 4.57 Å². The third-order valence-corrected chi connectivity index (χ3v) is 7.02. The standard InChI is InChI=1S/C26H20N4O2S/c1-4-30-25(31)20(15(2)21(14-27)26(30)32)12-17-13-22-24(33-17)28-23(29(22)3)19-11-7-9-16-8-5-6-10-18(16)19/h5-13H,4H2,1-3H3/b20-12-. The molecule has 6 nitrogen and oxygen atoms in total. The highest BCUT2D eigenvalue weighted by atomic mass is 32.1. The van der Waals surface area contributed by atoms with E-state index in [1.54, 1.807) is 19.9 Å². The summed E-state index contributed by atoms with van der Waals surface area (Å²) in [5.41, 5.74) is 2.83. The van der Waals surface area contributed by atoms with Crippen LogP contribution in [0.5, 0.6) is 0 Å². The molecule has 0 radical (unpaired) electrons. The van der Waals surface area contributed by atoms with E-state index in [9.17, 15) is 14.9 Å². The number of imide groups is 1. The maximum absolute atomic E-state index is 12.9. The minimum Gasteiger partial charge on any atom is -0.326 e. The quantitative estimate of drug-likeness (QED) is 0.321. The molecule has 0 spiro atoms. The average molecular weight is 453 g/mol. The van der Waals surface area contributed by atoms with Crippen LogP contribution in [0, 0.1) is 11.3 Å². The summed E-state index contributed by atoms with van der Waals surface area (Å²) < 4.78 is 2.06. The summed E-state index contributed by atoms with van der Waals surface area (Å²) in [5.74, 6) is -0.0233. The highest BCUT2D eigenvalue weighted by molar-refractivity contribution is 7.19. The van der Waals surface area contributed by atoms with E-state index in [0.717, 1.165) is 42.3 Å². The molecule has 0 aliphatic carbocycles. The number of imidazole rings is 1. The number of benzene rings is 2. The lowest BCUT2D eigenvalue weighted by atomic mass is 9.95. The molecule has 0 unspecified atom stereocenters. The number of hydrogen-bond donors (Lipinski definition) is 0. The normalized spacial score (nSPS) is 15.8. The molecule has 33 heavy (non-hydrogen) atoms. The molecule has 0 atom stereocenters. The Morgan fingerprint density at radius 2 is 1.88 bits per heavy atom. The Hall–Kier alpha value is -4.02. The van der Waals surface area contributed by atoms with Crippen molar-refractivity contribution in [1.82, 2.24) is 14.5 Å². The van der Waals surface area contributed by atoms with Gasteiger partial charge in [0.2, 0.25) is 0 Å². The van der Waals surface area contributed by atoms with Gasteiger partial charge in [0.25, 0.3) is 11.8 Å². The van der Waals surface area contributed by atoms with Gasteiger partial charge in [0, 0.05) is 29.6 Å². The second kappa shape index (κ2) is 7.84. The molecule has 2 amide bonds. The number of thiophene rings is 1. The zero-order valence-corrected chi connectivity index (χ0v) is 19.2. The Labute approximate surface area is 194 Å². The Kier molecular flexibility index (Phi) is 4.95. The van der Waals surface area contributed by atoms with E-state index in [2.05, 4.69) is 28.8 Å². The van der Waals surface area contributed by atoms with Crippen LogP contribution in [0.3, 0.4) is 0 Å². The Morgan fingerprint density at radius 3 is 2.61 bits per heavy atom. The topological polar surface area (TPSA) is 79.0 Å². The minimum absolute atomic E-state index is 0.0141. The zero-order chi connectivity index (χ0) is 23.3. The van der Waals surface area contributed by atoms with Gasteiger partial charge in [-0.15, -0.1) is 11.3 Å². The predicted molar refractivity (Wildman–Crippen MR) is 130 cm³/mol. The summed E-state index contributed by atoms with van der Waals surface area (Å²) >= 11 is 1.48. The van der Waals surface area contributed by atoms with Crippen molar-refractivity contribution in [2.24, 2.45) is 7.05 Å². The second-order valence-corrected chi connectivity index (χ2v) is 8.95. The third kappa shape index (κ3) is 3.19. The fourth-order valence-corrected chi connectivity index (χ4v) is 5.29. The fraction of sp³-hybridized carbons (Fsp3) is 0.154. The number of amides is 2. The highest BCUT2D eigenvalue weighted by Gasteiger charge is 2.34. The van der Waals surface area contributed by atoms with Gasteiger partial charge in [-0.25, -0.2) is 4.98 Å². The lowest BCUT2D eigenvalue weighted by Gasteiger charge is -2.26. The number of carbonyl (C=O) groups excluding carboxylic acids is 2. The van der Waals surface area contributed by atoms with E-state index in [1.807, 2.05) is 37.4 Å². The number of hydrogen-bond acceptors (Lipinski definition) is 5. The number of nitrogens with zero attached hydrogens (tertiary/aromatic N) is 4. The van der Waals surface area contributed by atoms with Gasteiger partial charge in [0.15, 0.2) is 0 Å². The zero-order valence-electron chi connectivity index (χ0n) is 18.4. The van der Waals surface area contributed by atoms with Crippen LogP contribution in [0.4, 0.5) is 0 Å². The van der Waals surface area contributed by atoms with Crippen LogP contribution in [0.1, 0.15) is 18.7 Å². The largest absolute Gasteiger partial charge is 0.326 e. The first-order chi connectivity index (χ1) is 15.9. The highest BCUT2D eigenvalue weighted by Crippen LogP contribution is 2.35. The van der Waals surface area contributed by atoms with Crippen molar-refractivity contribution in [3.63, 3.8) is 0 Å². The first kappa shape index (κ1) is 20.9. The molecule has 1 aliphatic rings. The molecule has 0 saturated heterocycles. The van der Waals surface area contributed by atoms with E-state index in [-0.39, 0.29) is 18.0 Å². The van der Waals surface area contributed by atoms with Crippen LogP contribution >= 0.6 is 11.3 Å². The fourth-order valence-electron chi connectivity index (χ4n) is 4.29. The summed E-state index contributed by atoms with van der Waals surface area (Å²) in [6.45, 7) is 3.59. The maximum Gasteiger partial charge on any atom is 0.271 e. The molecule has 4 aromatic rings. The summed E-state index contributed by atoms with van der Waals surface area (Å²) in [5, 5.41) is 11.7. The molecule has 3 heterocycles. The molecule has 0 bridgehead atoms. The summed E-state index contributed by atoms with van der Waals surface area (Å²) in [4.78, 5) is 33.0. The number of nitriles is 1. The van der Waals surface area contributed by atoms with E-state index < -0.39 is 5.91 Å². The van der Waals surface area contributed by atoms with Crippen molar-refractivity contribution in [3.05, 3.63) is 70.1 Å². The van der Waals surface area contributed by atoms with Crippen molar-refractivity contribution < 1.29 is 9.59 Å². The molecule has 2 aromatic carbocycles. The monoisotopic (exact) mass is 452 g/mol. The van der Waals surface area contributed by atoms with Gasteiger partial charge >= 0.3 is 0 Å². The number of carbonyl (C=O) groups is 2. The maximum atomic E-state index is 12.9. The van der Waals surface area contributed by atoms with E-state index in [0.29, 0.717) is 11.1 Å². The van der Waals surface area contributed by atoms with Gasteiger partial charge in [0.05, 0.1) is 5.52 Å². The van der Waals surface area contributed by atoms with Crippen LogP contribution in [-0.2, 0) is 16.6 Å². The number of likely N-dealkylation sites (N-methyl/N-ethyl adjacent to an activating group) is 1. The van der Waals surface area contributed by atoms with Crippen molar-refractivity contribution in [1.29, 1.82) is 5.26 Å². The van der Waals surface area contributed by atoms with Crippen molar-refractivity contribution in [2.45, 2.75) is 13.8 Å². The predicted octanol–water partition coefficient (Wildman–Crippen LogP) is 5.07. The second-order valence-electron chi connectivity index (χ2n) is 7.88. The first-order valence-corrected chi connectivity index (χ1v) is 11.4. The molecule has 0 N–H and O–H groups in total. The van der Waals surface area contributed by atoms with E-state index in [4.69, 9.17) is 4.98 Å². The van der Waals surface area contributed by atoms with Crippen molar-refractivity contribution in [3.8, 4) is 17.5 Å². The molecule has 1 aliphatic heterocycles. The lowest BCUT2D eigenvalue weighted by molar-refractivity contribution is -0.140. The van der Waals surface area contributed by atoms with Crippen LogP contribution in [0.25, 0.3) is 38.6 Å². The van der Waals surface area contributed by atoms with Crippen LogP contribution in [0.15, 0.2) is 65.3 Å². The van der Waals surface area contributed by atoms with Gasteiger partial charge in [-0.05, 0) is 42.3 Å². The summed E-state index contributed by atoms with van der Waals surface area (Å²) in [6.07, 6.45) is 1.76. The van der Waals surface area contributed by atoms with Crippen molar-refractivity contribution in [2.75, 3.05) is 6.54 Å². The molecule has 0 fully saturated rings.